The lowest BCUT2D eigenvalue weighted by Crippen LogP contribution is -1.78. The molecule has 0 aromatic rings. The zero-order valence-electron chi connectivity index (χ0n) is 8.50. The van der Waals surface area contributed by atoms with Gasteiger partial charge in [0.2, 0.25) is 0 Å². The van der Waals surface area contributed by atoms with Crippen LogP contribution in [0.25, 0.3) is 11.1 Å². The molecule has 0 atom stereocenters. The summed E-state index contributed by atoms with van der Waals surface area (Å²) in [7, 11) is 0. The fourth-order valence-electron chi connectivity index (χ4n) is 1.68. The molecule has 2 aliphatic rings. The molecule has 0 spiro atoms. The van der Waals surface area contributed by atoms with Crippen LogP contribution in [0.4, 0.5) is 0 Å². The molecule has 1 N–H and O–H groups in total. The van der Waals surface area contributed by atoms with Crippen molar-refractivity contribution in [1.29, 1.82) is 0 Å². The molecular weight excluding hydrogens is 243 g/mol. The number of fused-ring (bicyclic) bond motifs is 1. The summed E-state index contributed by atoms with van der Waals surface area (Å²) in [5, 5.41) is 11.0. The third-order valence-electron chi connectivity index (χ3n) is 2.48. The molecule has 0 unspecified atom stereocenters. The number of rotatable bonds is 2. The van der Waals surface area contributed by atoms with Crippen molar-refractivity contribution in [3.8, 4) is 16.9 Å². The van der Waals surface area contributed by atoms with Gasteiger partial charge in [-0.25, -0.2) is 0 Å². The molecule has 0 radical (unpaired) electrons. The van der Waals surface area contributed by atoms with Crippen LogP contribution in [0.3, 0.4) is 0 Å². The molecule has 0 aromatic carbocycles. The van der Waals surface area contributed by atoms with Crippen molar-refractivity contribution in [2.45, 2.75) is 6.42 Å². The van der Waals surface area contributed by atoms with Crippen molar-refractivity contribution in [3.63, 3.8) is 0 Å². The molecule has 0 bridgehead atoms. The van der Waals surface area contributed by atoms with Crippen molar-refractivity contribution in [3.05, 3.63) is 52.5 Å². The molecule has 0 amide bonds. The zero-order chi connectivity index (χ0) is 11.7. The van der Waals surface area contributed by atoms with Crippen LogP contribution in [0.2, 0.25) is 10.0 Å². The Bertz CT molecular complexity index is 520. The highest BCUT2D eigenvalue weighted by atomic mass is 35.5. The fourth-order valence-corrected chi connectivity index (χ4v) is 2.27. The van der Waals surface area contributed by atoms with Gasteiger partial charge in [0.05, 0.1) is 0 Å². The Balaban J connectivity index is 2.71. The minimum Gasteiger partial charge on any atom is -0.508 e. The molecule has 0 aliphatic heterocycles. The van der Waals surface area contributed by atoms with Gasteiger partial charge in [-0.3, -0.25) is 0 Å². The topological polar surface area (TPSA) is 20.2 Å². The van der Waals surface area contributed by atoms with Gasteiger partial charge in [-0.05, 0) is 36.2 Å². The van der Waals surface area contributed by atoms with Gasteiger partial charge in [0, 0.05) is 21.2 Å². The lowest BCUT2D eigenvalue weighted by Gasteiger charge is -1.97. The van der Waals surface area contributed by atoms with Gasteiger partial charge < -0.3 is 5.11 Å². The molecule has 1 nitrogen and oxygen atoms in total. The summed E-state index contributed by atoms with van der Waals surface area (Å²) in [5.41, 5.74) is 2.48. The summed E-state index contributed by atoms with van der Waals surface area (Å²) in [6.07, 6.45) is 2.33. The van der Waals surface area contributed by atoms with Gasteiger partial charge in [0.25, 0.3) is 0 Å². The first kappa shape index (κ1) is 11.3. The summed E-state index contributed by atoms with van der Waals surface area (Å²) in [4.78, 5) is 0. The average molecular weight is 253 g/mol. The third kappa shape index (κ3) is 1.89. The van der Waals surface area contributed by atoms with Gasteiger partial charge in [-0.15, -0.1) is 6.58 Å². The van der Waals surface area contributed by atoms with Gasteiger partial charge in [-0.2, -0.15) is 0 Å². The second-order valence-electron chi connectivity index (χ2n) is 3.55. The predicted molar refractivity (Wildman–Crippen MR) is 68.6 cm³/mol. The highest BCUT2D eigenvalue weighted by Crippen LogP contribution is 2.40. The van der Waals surface area contributed by atoms with Gasteiger partial charge in [-0.1, -0.05) is 29.3 Å². The van der Waals surface area contributed by atoms with Gasteiger partial charge in [0.15, 0.2) is 0 Å². The van der Waals surface area contributed by atoms with Crippen molar-refractivity contribution in [2.24, 2.45) is 0 Å². The molecule has 0 saturated carbocycles. The van der Waals surface area contributed by atoms with E-state index in [4.69, 9.17) is 23.2 Å². The SMILES string of the molecule is C=CCc1cc2c(Cl)cc(Cl)c-2ccc1O. The quantitative estimate of drug-likeness (QED) is 0.779. The van der Waals surface area contributed by atoms with Crippen molar-refractivity contribution < 1.29 is 5.11 Å². The van der Waals surface area contributed by atoms with E-state index in [1.54, 1.807) is 24.3 Å². The Morgan fingerprint density at radius 3 is 2.50 bits per heavy atom. The lowest BCUT2D eigenvalue weighted by molar-refractivity contribution is 0.470. The maximum atomic E-state index is 9.78. The van der Waals surface area contributed by atoms with Crippen molar-refractivity contribution in [2.75, 3.05) is 0 Å². The van der Waals surface area contributed by atoms with Gasteiger partial charge >= 0.3 is 0 Å². The molecule has 2 rings (SSSR count). The summed E-state index contributed by atoms with van der Waals surface area (Å²) in [5.74, 6) is 0.225. The molecule has 0 saturated heterocycles. The van der Waals surface area contributed by atoms with E-state index in [1.165, 1.54) is 0 Å². The monoisotopic (exact) mass is 252 g/mol. The first-order valence-electron chi connectivity index (χ1n) is 4.84. The molecule has 3 heteroatoms. The first-order chi connectivity index (χ1) is 7.63. The van der Waals surface area contributed by atoms with Gasteiger partial charge in [0.1, 0.15) is 5.75 Å². The maximum absolute atomic E-state index is 9.78. The Labute approximate surface area is 104 Å². The second-order valence-corrected chi connectivity index (χ2v) is 4.36. The minimum absolute atomic E-state index is 0.225. The average Bonchev–Trinajstić information content (AvgIpc) is 2.41. The number of hydrogen-bond acceptors (Lipinski definition) is 1. The van der Waals surface area contributed by atoms with E-state index in [9.17, 15) is 5.11 Å². The Hall–Kier alpha value is -1.18. The smallest absolute Gasteiger partial charge is 0.119 e. The van der Waals surface area contributed by atoms with Crippen LogP contribution < -0.4 is 0 Å². The van der Waals surface area contributed by atoms with Crippen LogP contribution in [0.1, 0.15) is 5.56 Å². The number of allylic oxidation sites excluding steroid dienone is 1. The third-order valence-corrected chi connectivity index (χ3v) is 3.10. The molecule has 0 aromatic heterocycles. The summed E-state index contributed by atoms with van der Waals surface area (Å²) in [6.45, 7) is 3.66. The van der Waals surface area contributed by atoms with Crippen LogP contribution in [-0.2, 0) is 6.42 Å². The Morgan fingerprint density at radius 1 is 1.12 bits per heavy atom. The fraction of sp³-hybridized carbons (Fsp3) is 0.0769. The van der Waals surface area contributed by atoms with E-state index in [0.29, 0.717) is 16.5 Å². The predicted octanol–water partition coefficient (Wildman–Crippen LogP) is 4.53. The van der Waals surface area contributed by atoms with E-state index < -0.39 is 0 Å². The first-order valence-corrected chi connectivity index (χ1v) is 5.59. The van der Waals surface area contributed by atoms with Crippen LogP contribution in [0, 0.1) is 0 Å². The minimum atomic E-state index is 0.225. The van der Waals surface area contributed by atoms with Crippen molar-refractivity contribution in [1.82, 2.24) is 0 Å². The second kappa shape index (κ2) is 4.36. The Morgan fingerprint density at radius 2 is 1.81 bits per heavy atom. The summed E-state index contributed by atoms with van der Waals surface area (Å²) >= 11 is 12.1. The Kier molecular flexibility index (Phi) is 3.08. The molecule has 0 heterocycles. The van der Waals surface area contributed by atoms with E-state index >= 15 is 0 Å². The number of halogens is 2. The van der Waals surface area contributed by atoms with E-state index in [0.717, 1.165) is 16.7 Å². The maximum Gasteiger partial charge on any atom is 0.119 e. The molecule has 2 aliphatic carbocycles. The summed E-state index contributed by atoms with van der Waals surface area (Å²) < 4.78 is 0. The number of hydrogen-bond donors (Lipinski definition) is 1. The summed E-state index contributed by atoms with van der Waals surface area (Å²) in [6, 6.07) is 6.96. The van der Waals surface area contributed by atoms with Crippen LogP contribution >= 0.6 is 23.2 Å². The van der Waals surface area contributed by atoms with E-state index in [2.05, 4.69) is 6.58 Å². The molecule has 16 heavy (non-hydrogen) atoms. The van der Waals surface area contributed by atoms with Crippen molar-refractivity contribution >= 4 is 23.2 Å². The molecular formula is C13H10Cl2O. The van der Waals surface area contributed by atoms with Crippen LogP contribution in [-0.4, -0.2) is 5.11 Å². The zero-order valence-corrected chi connectivity index (χ0v) is 10.0. The molecule has 82 valence electrons. The normalized spacial score (nSPS) is 10.6. The highest BCUT2D eigenvalue weighted by Gasteiger charge is 2.13. The molecule has 0 fully saturated rings. The largest absolute Gasteiger partial charge is 0.508 e. The van der Waals surface area contributed by atoms with Crippen LogP contribution in [0.5, 0.6) is 5.75 Å². The van der Waals surface area contributed by atoms with E-state index in [1.807, 2.05) is 6.07 Å². The van der Waals surface area contributed by atoms with Crippen LogP contribution in [0.15, 0.2) is 36.9 Å². The van der Waals surface area contributed by atoms with E-state index in [-0.39, 0.29) is 5.75 Å². The number of aromatic hydroxyl groups is 1. The standard InChI is InChI=1S/C13H10Cl2O/c1-2-3-8-6-10-9(4-5-13(8)16)11(14)7-12(10)15/h2,4-7,16H,1,3H2. The lowest BCUT2D eigenvalue weighted by atomic mass is 10.1. The highest BCUT2D eigenvalue weighted by molar-refractivity contribution is 6.40.